The Morgan fingerprint density at radius 2 is 1.57 bits per heavy atom. The summed E-state index contributed by atoms with van der Waals surface area (Å²) < 4.78 is 2.09. The highest BCUT2D eigenvalue weighted by Gasteiger charge is 2.28. The van der Waals surface area contributed by atoms with Gasteiger partial charge in [0.25, 0.3) is 11.6 Å². The molecule has 3 aromatic rings. The maximum atomic E-state index is 13.2. The minimum absolute atomic E-state index is 0.00694. The lowest BCUT2D eigenvalue weighted by atomic mass is 10.1. The molecular weight excluding hydrogens is 380 g/mol. The molecule has 0 bridgehead atoms. The molecule has 1 saturated heterocycles. The molecular formula is C23H24N4O3. The van der Waals surface area contributed by atoms with Gasteiger partial charge in [-0.15, -0.1) is 0 Å². The minimum atomic E-state index is -0.356. The number of rotatable bonds is 4. The fourth-order valence-electron chi connectivity index (χ4n) is 4.16. The zero-order chi connectivity index (χ0) is 21.3. The quantitative estimate of drug-likeness (QED) is 0.487. The predicted octanol–water partition coefficient (Wildman–Crippen LogP) is 3.96. The number of hydrogen-bond donors (Lipinski definition) is 0. The van der Waals surface area contributed by atoms with Crippen molar-refractivity contribution in [3.63, 3.8) is 0 Å². The zero-order valence-corrected chi connectivity index (χ0v) is 17.1. The van der Waals surface area contributed by atoms with E-state index in [2.05, 4.69) is 4.57 Å². The Morgan fingerprint density at radius 1 is 0.933 bits per heavy atom. The Kier molecular flexibility index (Phi) is 5.27. The number of carbonyl (C=O) groups excluding carboxylic acids is 1. The average molecular weight is 404 g/mol. The fraction of sp³-hybridized carbons (Fsp3) is 0.261. The Morgan fingerprint density at radius 3 is 2.23 bits per heavy atom. The predicted molar refractivity (Wildman–Crippen MR) is 116 cm³/mol. The Bertz CT molecular complexity index is 1080. The maximum Gasteiger partial charge on any atom is 0.292 e. The van der Waals surface area contributed by atoms with Crippen LogP contribution < -0.4 is 4.90 Å². The number of aryl methyl sites for hydroxylation is 1. The van der Waals surface area contributed by atoms with E-state index in [0.717, 1.165) is 17.1 Å². The molecule has 0 atom stereocenters. The van der Waals surface area contributed by atoms with Gasteiger partial charge in [0.2, 0.25) is 0 Å². The zero-order valence-electron chi connectivity index (χ0n) is 17.1. The molecule has 0 radical (unpaired) electrons. The summed E-state index contributed by atoms with van der Waals surface area (Å²) in [6, 6.07) is 18.7. The van der Waals surface area contributed by atoms with Crippen LogP contribution in [0.4, 0.5) is 11.4 Å². The van der Waals surface area contributed by atoms with Gasteiger partial charge in [0.15, 0.2) is 0 Å². The molecule has 0 spiro atoms. The van der Waals surface area contributed by atoms with Gasteiger partial charge in [-0.2, -0.15) is 0 Å². The van der Waals surface area contributed by atoms with Crippen molar-refractivity contribution in [1.82, 2.24) is 9.47 Å². The molecule has 0 aliphatic carbocycles. The molecule has 0 saturated carbocycles. The van der Waals surface area contributed by atoms with E-state index in [0.29, 0.717) is 37.4 Å². The number of nitro benzene ring substituents is 1. The number of benzene rings is 2. The Balaban J connectivity index is 1.52. The van der Waals surface area contributed by atoms with Crippen LogP contribution in [-0.2, 0) is 0 Å². The molecule has 1 fully saturated rings. The third-order valence-corrected chi connectivity index (χ3v) is 5.66. The van der Waals surface area contributed by atoms with Crippen LogP contribution >= 0.6 is 0 Å². The van der Waals surface area contributed by atoms with E-state index in [9.17, 15) is 14.9 Å². The van der Waals surface area contributed by atoms with Gasteiger partial charge in [-0.25, -0.2) is 0 Å². The van der Waals surface area contributed by atoms with Crippen molar-refractivity contribution in [3.8, 4) is 5.69 Å². The molecule has 1 aliphatic rings. The summed E-state index contributed by atoms with van der Waals surface area (Å²) in [5.74, 6) is 0.00694. The van der Waals surface area contributed by atoms with Crippen molar-refractivity contribution in [1.29, 1.82) is 0 Å². The van der Waals surface area contributed by atoms with Gasteiger partial charge in [0, 0.05) is 49.3 Å². The first-order valence-corrected chi connectivity index (χ1v) is 9.99. The Labute approximate surface area is 175 Å². The van der Waals surface area contributed by atoms with Gasteiger partial charge in [-0.3, -0.25) is 14.9 Å². The molecule has 4 rings (SSSR count). The van der Waals surface area contributed by atoms with Crippen LogP contribution in [0.1, 0.15) is 21.7 Å². The van der Waals surface area contributed by atoms with Crippen LogP contribution in [0.3, 0.4) is 0 Å². The fourth-order valence-corrected chi connectivity index (χ4v) is 4.16. The van der Waals surface area contributed by atoms with E-state index in [1.807, 2.05) is 60.0 Å². The lowest BCUT2D eigenvalue weighted by Crippen LogP contribution is -2.49. The summed E-state index contributed by atoms with van der Waals surface area (Å²) in [4.78, 5) is 28.0. The van der Waals surface area contributed by atoms with Crippen molar-refractivity contribution >= 4 is 17.3 Å². The van der Waals surface area contributed by atoms with Crippen LogP contribution in [-0.4, -0.2) is 46.5 Å². The van der Waals surface area contributed by atoms with Gasteiger partial charge in [-0.1, -0.05) is 30.3 Å². The van der Waals surface area contributed by atoms with Crippen LogP contribution in [0.25, 0.3) is 5.69 Å². The molecule has 7 nitrogen and oxygen atoms in total. The van der Waals surface area contributed by atoms with Gasteiger partial charge in [0.05, 0.1) is 10.5 Å². The molecule has 30 heavy (non-hydrogen) atoms. The smallest absolute Gasteiger partial charge is 0.292 e. The number of nitro groups is 1. The normalized spacial score (nSPS) is 14.1. The lowest BCUT2D eigenvalue weighted by Gasteiger charge is -2.35. The van der Waals surface area contributed by atoms with E-state index in [1.165, 1.54) is 6.07 Å². The van der Waals surface area contributed by atoms with Crippen molar-refractivity contribution in [2.45, 2.75) is 13.8 Å². The monoisotopic (exact) mass is 404 g/mol. The summed E-state index contributed by atoms with van der Waals surface area (Å²) in [6.07, 6.45) is 0. The highest BCUT2D eigenvalue weighted by atomic mass is 16.6. The van der Waals surface area contributed by atoms with E-state index in [-0.39, 0.29) is 16.5 Å². The molecule has 2 heterocycles. The second kappa shape index (κ2) is 8.02. The number of amides is 1. The second-order valence-electron chi connectivity index (χ2n) is 7.48. The van der Waals surface area contributed by atoms with Crippen LogP contribution in [0.5, 0.6) is 0 Å². The molecule has 1 amide bonds. The SMILES string of the molecule is Cc1cc(C(=O)N2CCN(c3ccccc3[N+](=O)[O-])CC2)c(C)n1-c1ccccc1. The van der Waals surface area contributed by atoms with Crippen LogP contribution in [0.2, 0.25) is 0 Å². The number of piperazine rings is 1. The third kappa shape index (κ3) is 3.54. The topological polar surface area (TPSA) is 71.6 Å². The highest BCUT2D eigenvalue weighted by molar-refractivity contribution is 5.96. The first-order chi connectivity index (χ1) is 14.5. The van der Waals surface area contributed by atoms with Gasteiger partial charge < -0.3 is 14.4 Å². The van der Waals surface area contributed by atoms with Crippen molar-refractivity contribution in [3.05, 3.63) is 87.7 Å². The number of para-hydroxylation sites is 3. The van der Waals surface area contributed by atoms with E-state index < -0.39 is 0 Å². The van der Waals surface area contributed by atoms with Gasteiger partial charge in [0.1, 0.15) is 5.69 Å². The van der Waals surface area contributed by atoms with Crippen molar-refractivity contribution in [2.75, 3.05) is 31.1 Å². The third-order valence-electron chi connectivity index (χ3n) is 5.66. The molecule has 154 valence electrons. The Hall–Kier alpha value is -3.61. The number of nitrogens with zero attached hydrogens (tertiary/aromatic N) is 4. The lowest BCUT2D eigenvalue weighted by molar-refractivity contribution is -0.384. The van der Waals surface area contributed by atoms with Gasteiger partial charge >= 0.3 is 0 Å². The molecule has 1 aromatic heterocycles. The van der Waals surface area contributed by atoms with E-state index in [1.54, 1.807) is 18.2 Å². The standard InChI is InChI=1S/C23H24N4O3/c1-17-16-20(18(2)26(17)19-8-4-3-5-9-19)23(28)25-14-12-24(13-15-25)21-10-6-7-11-22(21)27(29)30/h3-11,16H,12-15H2,1-2H3. The van der Waals surface area contributed by atoms with Crippen molar-refractivity contribution in [2.24, 2.45) is 0 Å². The minimum Gasteiger partial charge on any atom is -0.362 e. The number of aromatic nitrogens is 1. The summed E-state index contributed by atoms with van der Waals surface area (Å²) in [6.45, 7) is 6.15. The second-order valence-corrected chi connectivity index (χ2v) is 7.48. The summed E-state index contributed by atoms with van der Waals surface area (Å²) >= 11 is 0. The summed E-state index contributed by atoms with van der Waals surface area (Å²) in [5.41, 5.74) is 4.38. The first-order valence-electron chi connectivity index (χ1n) is 9.99. The number of carbonyl (C=O) groups is 1. The van der Waals surface area contributed by atoms with Gasteiger partial charge in [-0.05, 0) is 38.1 Å². The average Bonchev–Trinajstić information content (AvgIpc) is 3.07. The number of hydrogen-bond acceptors (Lipinski definition) is 4. The van der Waals surface area contributed by atoms with Crippen molar-refractivity contribution < 1.29 is 9.72 Å². The number of anilines is 1. The van der Waals surface area contributed by atoms with Crippen LogP contribution in [0, 0.1) is 24.0 Å². The molecule has 0 unspecified atom stereocenters. The summed E-state index contributed by atoms with van der Waals surface area (Å²) in [5, 5.41) is 11.3. The largest absolute Gasteiger partial charge is 0.362 e. The van der Waals surface area contributed by atoms with E-state index in [4.69, 9.17) is 0 Å². The maximum absolute atomic E-state index is 13.2. The highest BCUT2D eigenvalue weighted by Crippen LogP contribution is 2.29. The molecule has 0 N–H and O–H groups in total. The molecule has 7 heteroatoms. The van der Waals surface area contributed by atoms with E-state index >= 15 is 0 Å². The summed E-state index contributed by atoms with van der Waals surface area (Å²) in [7, 11) is 0. The molecule has 1 aliphatic heterocycles. The molecule has 2 aromatic carbocycles. The first kappa shape index (κ1) is 19.7. The van der Waals surface area contributed by atoms with Crippen LogP contribution in [0.15, 0.2) is 60.7 Å².